The number of hydrogen-bond acceptors (Lipinski definition) is 5. The van der Waals surface area contributed by atoms with Gasteiger partial charge in [-0.2, -0.15) is 5.10 Å². The van der Waals surface area contributed by atoms with Gasteiger partial charge >= 0.3 is 0 Å². The number of hydrazone groups is 1. The molecule has 194 valence electrons. The summed E-state index contributed by atoms with van der Waals surface area (Å²) in [4.78, 5) is 25.4. The van der Waals surface area contributed by atoms with Crippen molar-refractivity contribution in [3.05, 3.63) is 93.5 Å². The molecule has 0 aliphatic carbocycles. The van der Waals surface area contributed by atoms with Crippen LogP contribution in [0.3, 0.4) is 0 Å². The van der Waals surface area contributed by atoms with E-state index < -0.39 is 17.9 Å². The van der Waals surface area contributed by atoms with Crippen LogP contribution < -0.4 is 20.2 Å². The smallest absolute Gasteiger partial charge is 0.262 e. The van der Waals surface area contributed by atoms with Gasteiger partial charge in [0.05, 0.1) is 23.4 Å². The summed E-state index contributed by atoms with van der Waals surface area (Å²) in [5, 5.41) is 7.77. The Balaban J connectivity index is 1.64. The molecular weight excluding hydrogens is 513 g/mol. The van der Waals surface area contributed by atoms with Crippen molar-refractivity contribution in [1.82, 2.24) is 10.7 Å². The van der Waals surface area contributed by atoms with E-state index in [0.29, 0.717) is 45.9 Å². The van der Waals surface area contributed by atoms with Gasteiger partial charge < -0.3 is 14.8 Å². The first-order valence-corrected chi connectivity index (χ1v) is 12.6. The number of nitrogens with zero attached hydrogens (tertiary/aromatic N) is 1. The van der Waals surface area contributed by atoms with Crippen molar-refractivity contribution < 1.29 is 19.1 Å². The highest BCUT2D eigenvalue weighted by atomic mass is 35.5. The standard InChI is InChI=1S/C28H29Cl2N3O4/c1-4-36-25-15-20(11-14-24(25)37-17-19-9-12-21(29)13-10-19)16-31-33-28(35)26(18(2)3)32-27(34)22-7-5-6-8-23(22)30/h5-16,18,26H,4,17H2,1-3H3,(H,32,34)(H,33,35). The topological polar surface area (TPSA) is 89.0 Å². The molecule has 0 saturated carbocycles. The van der Waals surface area contributed by atoms with Crippen molar-refractivity contribution in [2.45, 2.75) is 33.4 Å². The Labute approximate surface area is 226 Å². The molecule has 3 aromatic rings. The summed E-state index contributed by atoms with van der Waals surface area (Å²) in [6.07, 6.45) is 1.50. The molecule has 0 saturated heterocycles. The molecule has 2 N–H and O–H groups in total. The molecule has 7 nitrogen and oxygen atoms in total. The summed E-state index contributed by atoms with van der Waals surface area (Å²) in [5.41, 5.74) is 4.47. The lowest BCUT2D eigenvalue weighted by Crippen LogP contribution is -2.48. The Hall–Kier alpha value is -3.55. The summed E-state index contributed by atoms with van der Waals surface area (Å²) in [6, 6.07) is 18.6. The highest BCUT2D eigenvalue weighted by Gasteiger charge is 2.25. The Morgan fingerprint density at radius 2 is 1.70 bits per heavy atom. The number of carbonyl (C=O) groups excluding carboxylic acids is 2. The van der Waals surface area contributed by atoms with Crippen LogP contribution in [0.25, 0.3) is 0 Å². The third-order valence-corrected chi connectivity index (χ3v) is 5.90. The van der Waals surface area contributed by atoms with Crippen LogP contribution in [-0.4, -0.2) is 30.7 Å². The fourth-order valence-electron chi connectivity index (χ4n) is 3.37. The fraction of sp³-hybridized carbons (Fsp3) is 0.250. The molecule has 0 heterocycles. The lowest BCUT2D eigenvalue weighted by Gasteiger charge is -2.20. The second-order valence-corrected chi connectivity index (χ2v) is 9.31. The summed E-state index contributed by atoms with van der Waals surface area (Å²) in [7, 11) is 0. The van der Waals surface area contributed by atoms with Gasteiger partial charge in [-0.3, -0.25) is 9.59 Å². The zero-order valence-corrected chi connectivity index (χ0v) is 22.3. The van der Waals surface area contributed by atoms with E-state index in [-0.39, 0.29) is 5.92 Å². The van der Waals surface area contributed by atoms with Gasteiger partial charge in [-0.15, -0.1) is 0 Å². The van der Waals surface area contributed by atoms with E-state index in [1.165, 1.54) is 6.21 Å². The van der Waals surface area contributed by atoms with Gasteiger partial charge in [0.25, 0.3) is 11.8 Å². The van der Waals surface area contributed by atoms with Crippen molar-refractivity contribution in [3.63, 3.8) is 0 Å². The fourth-order valence-corrected chi connectivity index (χ4v) is 3.72. The number of amides is 2. The SMILES string of the molecule is CCOc1cc(C=NNC(=O)C(NC(=O)c2ccccc2Cl)C(C)C)ccc1OCc1ccc(Cl)cc1. The minimum Gasteiger partial charge on any atom is -0.490 e. The molecule has 0 radical (unpaired) electrons. The highest BCUT2D eigenvalue weighted by molar-refractivity contribution is 6.33. The maximum atomic E-state index is 12.8. The first-order chi connectivity index (χ1) is 17.8. The summed E-state index contributed by atoms with van der Waals surface area (Å²) in [6.45, 7) is 6.36. The van der Waals surface area contributed by atoms with E-state index in [1.54, 1.807) is 42.5 Å². The maximum absolute atomic E-state index is 12.8. The molecular formula is C28H29Cl2N3O4. The number of halogens is 2. The van der Waals surface area contributed by atoms with E-state index >= 15 is 0 Å². The van der Waals surface area contributed by atoms with Gasteiger partial charge in [0.2, 0.25) is 0 Å². The predicted octanol–water partition coefficient (Wildman–Crippen LogP) is 5.88. The molecule has 0 bridgehead atoms. The summed E-state index contributed by atoms with van der Waals surface area (Å²) < 4.78 is 11.6. The number of nitrogens with one attached hydrogen (secondary N) is 2. The number of rotatable bonds is 11. The largest absolute Gasteiger partial charge is 0.490 e. The molecule has 0 aliphatic rings. The van der Waals surface area contributed by atoms with Crippen LogP contribution in [0.15, 0.2) is 71.8 Å². The van der Waals surface area contributed by atoms with Crippen LogP contribution in [0.1, 0.15) is 42.3 Å². The molecule has 1 atom stereocenters. The van der Waals surface area contributed by atoms with Crippen molar-refractivity contribution in [2.75, 3.05) is 6.61 Å². The van der Waals surface area contributed by atoms with Gasteiger partial charge in [0.1, 0.15) is 12.6 Å². The molecule has 3 rings (SSSR count). The maximum Gasteiger partial charge on any atom is 0.262 e. The van der Waals surface area contributed by atoms with Crippen LogP contribution in [0.5, 0.6) is 11.5 Å². The third-order valence-electron chi connectivity index (χ3n) is 5.32. The lowest BCUT2D eigenvalue weighted by molar-refractivity contribution is -0.123. The van der Waals surface area contributed by atoms with Crippen molar-refractivity contribution in [1.29, 1.82) is 0 Å². The van der Waals surface area contributed by atoms with E-state index in [4.69, 9.17) is 32.7 Å². The zero-order valence-electron chi connectivity index (χ0n) is 20.8. The predicted molar refractivity (Wildman–Crippen MR) is 147 cm³/mol. The van der Waals surface area contributed by atoms with Gasteiger partial charge in [-0.05, 0) is 66.4 Å². The van der Waals surface area contributed by atoms with Gasteiger partial charge in [0, 0.05) is 5.02 Å². The number of hydrogen-bond donors (Lipinski definition) is 2. The quantitative estimate of drug-likeness (QED) is 0.234. The van der Waals surface area contributed by atoms with Crippen molar-refractivity contribution >= 4 is 41.2 Å². The second kappa shape index (κ2) is 13.7. The second-order valence-electron chi connectivity index (χ2n) is 8.46. The van der Waals surface area contributed by atoms with Crippen molar-refractivity contribution in [2.24, 2.45) is 11.0 Å². The molecule has 37 heavy (non-hydrogen) atoms. The van der Waals surface area contributed by atoms with Crippen molar-refractivity contribution in [3.8, 4) is 11.5 Å². The lowest BCUT2D eigenvalue weighted by atomic mass is 10.0. The Morgan fingerprint density at radius 1 is 0.973 bits per heavy atom. The highest BCUT2D eigenvalue weighted by Crippen LogP contribution is 2.29. The first-order valence-electron chi connectivity index (χ1n) is 11.8. The third kappa shape index (κ3) is 8.23. The van der Waals surface area contributed by atoms with E-state index in [1.807, 2.05) is 45.0 Å². The van der Waals surface area contributed by atoms with Gasteiger partial charge in [0.15, 0.2) is 11.5 Å². The van der Waals surface area contributed by atoms with Crippen LogP contribution in [-0.2, 0) is 11.4 Å². The van der Waals surface area contributed by atoms with Gasteiger partial charge in [-0.25, -0.2) is 5.43 Å². The van der Waals surface area contributed by atoms with E-state index in [0.717, 1.165) is 5.56 Å². The van der Waals surface area contributed by atoms with Crippen LogP contribution in [0.2, 0.25) is 10.0 Å². The molecule has 0 aromatic heterocycles. The summed E-state index contributed by atoms with van der Waals surface area (Å²) >= 11 is 12.0. The zero-order chi connectivity index (χ0) is 26.8. The normalized spacial score (nSPS) is 11.8. The van der Waals surface area contributed by atoms with Crippen LogP contribution >= 0.6 is 23.2 Å². The number of ether oxygens (including phenoxy) is 2. The molecule has 0 spiro atoms. The average Bonchev–Trinajstić information content (AvgIpc) is 2.87. The Kier molecular flexibility index (Phi) is 10.4. The first kappa shape index (κ1) is 28.0. The van der Waals surface area contributed by atoms with Crippen LogP contribution in [0, 0.1) is 5.92 Å². The minimum absolute atomic E-state index is 0.178. The molecule has 0 fully saturated rings. The monoisotopic (exact) mass is 541 g/mol. The molecule has 9 heteroatoms. The van der Waals surface area contributed by atoms with E-state index in [2.05, 4.69) is 15.8 Å². The van der Waals surface area contributed by atoms with Gasteiger partial charge in [-0.1, -0.05) is 61.3 Å². The number of benzene rings is 3. The molecule has 0 aliphatic heterocycles. The molecule has 2 amide bonds. The van der Waals surface area contributed by atoms with E-state index in [9.17, 15) is 9.59 Å². The molecule has 3 aromatic carbocycles. The van der Waals surface area contributed by atoms with Crippen LogP contribution in [0.4, 0.5) is 0 Å². The molecule has 1 unspecified atom stereocenters. The Bertz CT molecular complexity index is 1250. The number of carbonyl (C=O) groups is 2. The minimum atomic E-state index is -0.802. The average molecular weight is 542 g/mol. The Morgan fingerprint density at radius 3 is 2.38 bits per heavy atom. The summed E-state index contributed by atoms with van der Waals surface area (Å²) in [5.74, 6) is 0.0841.